The number of fused-ring (bicyclic) bond motifs is 2. The maximum Gasteiger partial charge on any atom is 0.224 e. The third-order valence-corrected chi connectivity index (χ3v) is 6.00. The van der Waals surface area contributed by atoms with Gasteiger partial charge in [0.1, 0.15) is 23.0 Å². The number of anilines is 1. The van der Waals surface area contributed by atoms with Crippen molar-refractivity contribution in [3.05, 3.63) is 61.0 Å². The summed E-state index contributed by atoms with van der Waals surface area (Å²) in [5.41, 5.74) is 3.58. The largest absolute Gasteiger partial charge is 0.497 e. The summed E-state index contributed by atoms with van der Waals surface area (Å²) in [5, 5.41) is 4.48. The van der Waals surface area contributed by atoms with Crippen LogP contribution >= 0.6 is 0 Å². The quantitative estimate of drug-likeness (QED) is 0.418. The van der Waals surface area contributed by atoms with Gasteiger partial charge in [-0.25, -0.2) is 9.97 Å². The van der Waals surface area contributed by atoms with Gasteiger partial charge in [-0.05, 0) is 55.3 Å². The Labute approximate surface area is 190 Å². The van der Waals surface area contributed by atoms with Crippen molar-refractivity contribution in [2.24, 2.45) is 0 Å². The number of benzene rings is 2. The predicted molar refractivity (Wildman–Crippen MR) is 126 cm³/mol. The van der Waals surface area contributed by atoms with Crippen LogP contribution in [0.3, 0.4) is 0 Å². The lowest BCUT2D eigenvalue weighted by molar-refractivity contribution is 0.0903. The van der Waals surface area contributed by atoms with Crippen LogP contribution in [-0.2, 0) is 4.74 Å². The molecule has 166 valence electrons. The number of rotatable bonds is 5. The summed E-state index contributed by atoms with van der Waals surface area (Å²) in [6.07, 6.45) is 5.35. The molecule has 8 heteroatoms. The van der Waals surface area contributed by atoms with E-state index in [4.69, 9.17) is 23.9 Å². The molecule has 0 atom stereocenters. The van der Waals surface area contributed by atoms with Crippen LogP contribution in [-0.4, -0.2) is 45.9 Å². The first-order valence-corrected chi connectivity index (χ1v) is 11.0. The highest BCUT2D eigenvalue weighted by molar-refractivity contribution is 5.87. The van der Waals surface area contributed by atoms with Gasteiger partial charge in [0.2, 0.25) is 5.95 Å². The summed E-state index contributed by atoms with van der Waals surface area (Å²) in [5.74, 6) is 2.88. The van der Waals surface area contributed by atoms with E-state index in [0.29, 0.717) is 12.0 Å². The Balaban J connectivity index is 1.50. The number of furan rings is 1. The maximum absolute atomic E-state index is 5.52. The fraction of sp³-hybridized carbons (Fsp3) is 0.240. The number of nitrogens with one attached hydrogen (secondary N) is 1. The zero-order valence-electron chi connectivity index (χ0n) is 18.2. The van der Waals surface area contributed by atoms with E-state index < -0.39 is 0 Å². The van der Waals surface area contributed by atoms with Crippen LogP contribution in [0.1, 0.15) is 12.8 Å². The van der Waals surface area contributed by atoms with Gasteiger partial charge in [0, 0.05) is 42.5 Å². The molecule has 0 unspecified atom stereocenters. The molecule has 3 aromatic heterocycles. The first-order valence-electron chi connectivity index (χ1n) is 11.0. The van der Waals surface area contributed by atoms with Gasteiger partial charge in [-0.2, -0.15) is 4.98 Å². The van der Waals surface area contributed by atoms with Crippen LogP contribution in [0.5, 0.6) is 5.75 Å². The van der Waals surface area contributed by atoms with Crippen molar-refractivity contribution in [1.29, 1.82) is 0 Å². The third kappa shape index (κ3) is 3.68. The molecule has 0 radical (unpaired) electrons. The van der Waals surface area contributed by atoms with Gasteiger partial charge in [0.15, 0.2) is 0 Å². The predicted octanol–water partition coefficient (Wildman–Crippen LogP) is 4.83. The van der Waals surface area contributed by atoms with Crippen LogP contribution in [0.15, 0.2) is 65.4 Å². The number of hydrogen-bond acceptors (Lipinski definition) is 7. The average Bonchev–Trinajstić information content (AvgIpc) is 3.48. The molecule has 6 rings (SSSR count). The van der Waals surface area contributed by atoms with E-state index in [1.807, 2.05) is 42.5 Å². The Kier molecular flexibility index (Phi) is 4.92. The van der Waals surface area contributed by atoms with E-state index >= 15 is 0 Å². The lowest BCUT2D eigenvalue weighted by atomic mass is 10.1. The minimum Gasteiger partial charge on any atom is -0.497 e. The second-order valence-electron chi connectivity index (χ2n) is 8.07. The summed E-state index contributed by atoms with van der Waals surface area (Å²) in [6, 6.07) is 16.1. The number of aromatic nitrogens is 4. The molecule has 1 fully saturated rings. The molecule has 4 heterocycles. The average molecular weight is 441 g/mol. The minimum atomic E-state index is 0.302. The van der Waals surface area contributed by atoms with Crippen molar-refractivity contribution in [3.63, 3.8) is 0 Å². The van der Waals surface area contributed by atoms with Gasteiger partial charge in [-0.3, -0.25) is 4.57 Å². The van der Waals surface area contributed by atoms with Crippen molar-refractivity contribution in [2.45, 2.75) is 18.9 Å². The molecule has 2 aromatic carbocycles. The smallest absolute Gasteiger partial charge is 0.224 e. The van der Waals surface area contributed by atoms with Gasteiger partial charge >= 0.3 is 0 Å². The highest BCUT2D eigenvalue weighted by Gasteiger charge is 2.19. The highest BCUT2D eigenvalue weighted by Crippen LogP contribution is 2.32. The molecule has 0 aliphatic carbocycles. The van der Waals surface area contributed by atoms with E-state index in [1.165, 1.54) is 0 Å². The molecular weight excluding hydrogens is 418 g/mol. The van der Waals surface area contributed by atoms with Crippen molar-refractivity contribution in [1.82, 2.24) is 19.5 Å². The molecular formula is C25H23N5O3. The Morgan fingerprint density at radius 3 is 2.82 bits per heavy atom. The zero-order valence-corrected chi connectivity index (χ0v) is 18.2. The van der Waals surface area contributed by atoms with Crippen molar-refractivity contribution in [3.8, 4) is 23.0 Å². The lowest BCUT2D eigenvalue weighted by Gasteiger charge is -2.23. The van der Waals surface area contributed by atoms with E-state index in [1.54, 1.807) is 19.6 Å². The topological polar surface area (TPSA) is 87.2 Å². The van der Waals surface area contributed by atoms with Gasteiger partial charge in [-0.1, -0.05) is 0 Å². The van der Waals surface area contributed by atoms with Crippen LogP contribution < -0.4 is 10.1 Å². The molecule has 0 spiro atoms. The molecule has 0 bridgehead atoms. The van der Waals surface area contributed by atoms with Gasteiger partial charge < -0.3 is 19.2 Å². The minimum absolute atomic E-state index is 0.302. The van der Waals surface area contributed by atoms with Crippen LogP contribution in [0.4, 0.5) is 5.95 Å². The van der Waals surface area contributed by atoms with Gasteiger partial charge in [0.05, 0.1) is 24.4 Å². The number of ether oxygens (including phenoxy) is 2. The van der Waals surface area contributed by atoms with Crippen molar-refractivity contribution in [2.75, 3.05) is 25.6 Å². The van der Waals surface area contributed by atoms with Crippen LogP contribution in [0.2, 0.25) is 0 Å². The van der Waals surface area contributed by atoms with Gasteiger partial charge in [-0.15, -0.1) is 0 Å². The molecule has 1 aliphatic rings. The zero-order chi connectivity index (χ0) is 22.2. The molecule has 5 aromatic rings. The number of hydrogen-bond donors (Lipinski definition) is 1. The normalized spacial score (nSPS) is 14.7. The fourth-order valence-electron chi connectivity index (χ4n) is 4.28. The Morgan fingerprint density at radius 2 is 1.94 bits per heavy atom. The molecule has 1 aliphatic heterocycles. The maximum atomic E-state index is 5.52. The van der Waals surface area contributed by atoms with Crippen LogP contribution in [0, 0.1) is 0 Å². The second kappa shape index (κ2) is 8.22. The summed E-state index contributed by atoms with van der Waals surface area (Å²) < 4.78 is 18.5. The van der Waals surface area contributed by atoms with Gasteiger partial charge in [0.25, 0.3) is 0 Å². The van der Waals surface area contributed by atoms with Crippen LogP contribution in [0.25, 0.3) is 39.2 Å². The summed E-state index contributed by atoms with van der Waals surface area (Å²) in [7, 11) is 1.66. The Hall–Kier alpha value is -3.91. The number of imidazole rings is 1. The molecule has 8 nitrogen and oxygen atoms in total. The summed E-state index contributed by atoms with van der Waals surface area (Å²) >= 11 is 0. The van der Waals surface area contributed by atoms with E-state index in [2.05, 4.69) is 20.9 Å². The summed E-state index contributed by atoms with van der Waals surface area (Å²) in [6.45, 7) is 1.51. The molecule has 0 amide bonds. The van der Waals surface area contributed by atoms with E-state index in [0.717, 1.165) is 71.0 Å². The van der Waals surface area contributed by atoms with Crippen molar-refractivity contribution < 1.29 is 13.9 Å². The first-order chi connectivity index (χ1) is 16.3. The monoisotopic (exact) mass is 441 g/mol. The lowest BCUT2D eigenvalue weighted by Crippen LogP contribution is -2.28. The SMILES string of the molecule is COc1ccc2nc(-c3ccc4occc4c3)n(-c3ccnc(NC4CCOCC4)n3)c2c1. The highest BCUT2D eigenvalue weighted by atomic mass is 16.5. The van der Waals surface area contributed by atoms with Crippen molar-refractivity contribution >= 4 is 28.0 Å². The fourth-order valence-corrected chi connectivity index (χ4v) is 4.28. The number of methoxy groups -OCH3 is 1. The molecule has 1 saturated heterocycles. The summed E-state index contributed by atoms with van der Waals surface area (Å²) in [4.78, 5) is 14.3. The molecule has 1 N–H and O–H groups in total. The Bertz CT molecular complexity index is 1430. The van der Waals surface area contributed by atoms with E-state index in [9.17, 15) is 0 Å². The van der Waals surface area contributed by atoms with E-state index in [-0.39, 0.29) is 0 Å². The molecule has 33 heavy (non-hydrogen) atoms. The second-order valence-corrected chi connectivity index (χ2v) is 8.07. The molecule has 0 saturated carbocycles. The standard InChI is InChI=1S/C25H23N5O3/c1-31-19-3-4-20-21(15-19)30(24(28-20)17-2-5-22-16(14-17)7-13-33-22)23-6-10-26-25(29-23)27-18-8-11-32-12-9-18/h2-7,10,13-15,18H,8-9,11-12H2,1H3,(H,26,27,29). The Morgan fingerprint density at radius 1 is 1.03 bits per heavy atom. The third-order valence-electron chi connectivity index (χ3n) is 6.00. The first kappa shape index (κ1) is 19.8. The number of nitrogens with zero attached hydrogens (tertiary/aromatic N) is 4.